The zero-order chi connectivity index (χ0) is 24.7. The molecular formula is C25H39F3N2O2. The first-order chi connectivity index (χ1) is 15.3. The summed E-state index contributed by atoms with van der Waals surface area (Å²) in [6.45, 7) is 13.4. The van der Waals surface area contributed by atoms with E-state index < -0.39 is 12.6 Å². The van der Waals surface area contributed by atoms with Crippen molar-refractivity contribution in [2.45, 2.75) is 85.2 Å². The van der Waals surface area contributed by atoms with Gasteiger partial charge in [0.25, 0.3) is 0 Å². The number of halogens is 3. The Morgan fingerprint density at radius 1 is 1.31 bits per heavy atom. The van der Waals surface area contributed by atoms with E-state index in [4.69, 9.17) is 4.74 Å². The molecule has 182 valence electrons. The van der Waals surface area contributed by atoms with E-state index in [2.05, 4.69) is 16.9 Å². The van der Waals surface area contributed by atoms with Crippen LogP contribution in [0.4, 0.5) is 19.0 Å². The molecule has 32 heavy (non-hydrogen) atoms. The molecule has 1 N–H and O–H groups in total. The van der Waals surface area contributed by atoms with E-state index in [1.54, 1.807) is 13.2 Å². The summed E-state index contributed by atoms with van der Waals surface area (Å²) >= 11 is 0. The number of aromatic nitrogens is 1. The number of carbonyl (C=O) groups is 1. The predicted molar refractivity (Wildman–Crippen MR) is 127 cm³/mol. The summed E-state index contributed by atoms with van der Waals surface area (Å²) < 4.78 is 42.7. The molecule has 0 aromatic carbocycles. The summed E-state index contributed by atoms with van der Waals surface area (Å²) in [6.07, 6.45) is 3.42. The molecule has 0 unspecified atom stereocenters. The fourth-order valence-electron chi connectivity index (χ4n) is 3.04. The number of hydrogen-bond acceptors (Lipinski definition) is 3. The van der Waals surface area contributed by atoms with Crippen LogP contribution < -0.4 is 10.1 Å². The molecule has 1 saturated carbocycles. The van der Waals surface area contributed by atoms with Gasteiger partial charge in [0, 0.05) is 17.9 Å². The van der Waals surface area contributed by atoms with Gasteiger partial charge in [0.1, 0.15) is 11.6 Å². The number of alkyl halides is 3. The van der Waals surface area contributed by atoms with E-state index >= 15 is 0 Å². The molecule has 4 nitrogen and oxygen atoms in total. The first kappa shape index (κ1) is 29.7. The van der Waals surface area contributed by atoms with Gasteiger partial charge < -0.3 is 10.1 Å². The highest BCUT2D eigenvalue weighted by molar-refractivity contribution is 5.98. The Hall–Kier alpha value is -2.31. The summed E-state index contributed by atoms with van der Waals surface area (Å²) in [7, 11) is 1.57. The number of rotatable bonds is 10. The lowest BCUT2D eigenvalue weighted by Crippen LogP contribution is -2.11. The van der Waals surface area contributed by atoms with Crippen LogP contribution in [0.5, 0.6) is 5.75 Å². The van der Waals surface area contributed by atoms with Crippen molar-refractivity contribution in [1.29, 1.82) is 0 Å². The molecule has 2 rings (SSSR count). The molecule has 1 aliphatic rings. The highest BCUT2D eigenvalue weighted by atomic mass is 19.4. The molecule has 1 aromatic heterocycles. The largest absolute Gasteiger partial charge is 0.494 e. The van der Waals surface area contributed by atoms with Crippen molar-refractivity contribution < 1.29 is 22.7 Å². The monoisotopic (exact) mass is 456 g/mol. The number of methoxy groups -OCH3 is 1. The molecule has 0 spiro atoms. The quantitative estimate of drug-likeness (QED) is 0.364. The number of nitrogens with one attached hydrogen (secondary N) is 1. The fraction of sp³-hybridized carbons (Fsp3) is 0.600. The summed E-state index contributed by atoms with van der Waals surface area (Å²) in [4.78, 5) is 16.2. The first-order valence-electron chi connectivity index (χ1n) is 11.5. The molecule has 0 aliphatic heterocycles. The number of anilines is 1. The number of pyridine rings is 1. The van der Waals surface area contributed by atoms with Crippen LogP contribution in [0, 0.1) is 5.92 Å². The molecular weight excluding hydrogens is 417 g/mol. The van der Waals surface area contributed by atoms with E-state index in [1.807, 2.05) is 46.8 Å². The molecule has 0 radical (unpaired) electrons. The van der Waals surface area contributed by atoms with Crippen LogP contribution in [0.15, 0.2) is 24.8 Å². The third kappa shape index (κ3) is 10.8. The van der Waals surface area contributed by atoms with Gasteiger partial charge in [-0.05, 0) is 50.2 Å². The van der Waals surface area contributed by atoms with Gasteiger partial charge in [-0.2, -0.15) is 13.2 Å². The topological polar surface area (TPSA) is 51.2 Å². The lowest BCUT2D eigenvalue weighted by Gasteiger charge is -2.15. The van der Waals surface area contributed by atoms with Gasteiger partial charge in [-0.1, -0.05) is 53.3 Å². The van der Waals surface area contributed by atoms with E-state index in [0.29, 0.717) is 23.9 Å². The number of allylic oxidation sites excluding steroid dienone is 1. The summed E-state index contributed by atoms with van der Waals surface area (Å²) in [6, 6.07) is 1.71. The van der Waals surface area contributed by atoms with Crippen LogP contribution >= 0.6 is 0 Å². The van der Waals surface area contributed by atoms with Gasteiger partial charge >= 0.3 is 6.18 Å². The molecule has 1 fully saturated rings. The zero-order valence-corrected chi connectivity index (χ0v) is 20.3. The number of nitrogens with zero attached hydrogens (tertiary/aromatic N) is 1. The molecule has 1 aliphatic carbocycles. The molecule has 7 heteroatoms. The van der Waals surface area contributed by atoms with Gasteiger partial charge in [0.05, 0.1) is 12.8 Å². The Labute approximate surface area is 191 Å². The average molecular weight is 457 g/mol. The van der Waals surface area contributed by atoms with Crippen molar-refractivity contribution in [3.63, 3.8) is 0 Å². The minimum Gasteiger partial charge on any atom is -0.494 e. The molecule has 1 atom stereocenters. The second-order valence-corrected chi connectivity index (χ2v) is 7.02. The van der Waals surface area contributed by atoms with Crippen LogP contribution in [0.2, 0.25) is 0 Å². The van der Waals surface area contributed by atoms with Crippen molar-refractivity contribution in [2.75, 3.05) is 12.4 Å². The predicted octanol–water partition coefficient (Wildman–Crippen LogP) is 7.92. The zero-order valence-electron chi connectivity index (χ0n) is 20.3. The van der Waals surface area contributed by atoms with Crippen molar-refractivity contribution in [3.05, 3.63) is 36.1 Å². The number of ether oxygens (including phenoxy) is 1. The Bertz CT molecular complexity index is 727. The van der Waals surface area contributed by atoms with Gasteiger partial charge in [-0.25, -0.2) is 4.98 Å². The molecule has 0 saturated heterocycles. The van der Waals surface area contributed by atoms with Crippen molar-refractivity contribution in [2.24, 2.45) is 5.92 Å². The third-order valence-corrected chi connectivity index (χ3v) is 4.74. The molecule has 1 heterocycles. The highest BCUT2D eigenvalue weighted by Crippen LogP contribution is 2.45. The lowest BCUT2D eigenvalue weighted by atomic mass is 9.97. The Morgan fingerprint density at radius 2 is 1.94 bits per heavy atom. The standard InChI is InChI=1S/C21H27F3N2O2.2C2H6/c1-4-14(7-6-12-21(22,23)24)8-9-16-13-17(25-18(27)5-2)26-19(15-10-11-15)20(16)28-3;2*1-2/h5,8-9,13-15H,2,4,6-7,10-12H2,1,3H3,(H,25,26,27);2*1-2H3/b9-8+;;/t14-;;/m1../s1. The maximum Gasteiger partial charge on any atom is 0.389 e. The van der Waals surface area contributed by atoms with Crippen LogP contribution in [0.3, 0.4) is 0 Å². The lowest BCUT2D eigenvalue weighted by molar-refractivity contribution is -0.135. The smallest absolute Gasteiger partial charge is 0.389 e. The second kappa shape index (κ2) is 15.5. The van der Waals surface area contributed by atoms with Gasteiger partial charge in [0.15, 0.2) is 0 Å². The van der Waals surface area contributed by atoms with E-state index in [1.165, 1.54) is 6.08 Å². The van der Waals surface area contributed by atoms with Crippen LogP contribution in [-0.4, -0.2) is 24.2 Å². The Morgan fingerprint density at radius 3 is 2.41 bits per heavy atom. The van der Waals surface area contributed by atoms with Crippen LogP contribution in [-0.2, 0) is 4.79 Å². The number of carbonyl (C=O) groups excluding carboxylic acids is 1. The fourth-order valence-corrected chi connectivity index (χ4v) is 3.04. The highest BCUT2D eigenvalue weighted by Gasteiger charge is 2.30. The van der Waals surface area contributed by atoms with Crippen LogP contribution in [0.25, 0.3) is 6.08 Å². The minimum absolute atomic E-state index is 0.0378. The number of amides is 1. The average Bonchev–Trinajstić information content (AvgIpc) is 3.63. The van der Waals surface area contributed by atoms with Crippen molar-refractivity contribution >= 4 is 17.8 Å². The second-order valence-electron chi connectivity index (χ2n) is 7.02. The van der Waals surface area contributed by atoms with Gasteiger partial charge in [-0.3, -0.25) is 4.79 Å². The minimum atomic E-state index is -4.12. The maximum atomic E-state index is 12.4. The molecule has 1 amide bonds. The van der Waals surface area contributed by atoms with E-state index in [-0.39, 0.29) is 18.2 Å². The van der Waals surface area contributed by atoms with Crippen LogP contribution in [0.1, 0.15) is 90.3 Å². The van der Waals surface area contributed by atoms with E-state index in [0.717, 1.165) is 30.5 Å². The SMILES string of the molecule is C=CC(=O)Nc1cc(/C=C/[C@H](CC)CCCC(F)(F)F)c(OC)c(C2CC2)n1.CC.CC. The van der Waals surface area contributed by atoms with Gasteiger partial charge in [-0.15, -0.1) is 0 Å². The Balaban J connectivity index is 0.00000227. The summed E-state index contributed by atoms with van der Waals surface area (Å²) in [5, 5.41) is 2.68. The number of hydrogen-bond donors (Lipinski definition) is 1. The Kier molecular flexibility index (Phi) is 14.4. The first-order valence-corrected chi connectivity index (χ1v) is 11.5. The van der Waals surface area contributed by atoms with Gasteiger partial charge in [0.2, 0.25) is 5.91 Å². The molecule has 0 bridgehead atoms. The summed E-state index contributed by atoms with van der Waals surface area (Å²) in [5.74, 6) is 1.05. The normalized spacial score (nSPS) is 13.9. The maximum absolute atomic E-state index is 12.4. The van der Waals surface area contributed by atoms with E-state index in [9.17, 15) is 18.0 Å². The van der Waals surface area contributed by atoms with Crippen molar-refractivity contribution in [3.8, 4) is 5.75 Å². The molecule has 1 aromatic rings. The summed E-state index contributed by atoms with van der Waals surface area (Å²) in [5.41, 5.74) is 1.56. The van der Waals surface area contributed by atoms with Crippen molar-refractivity contribution in [1.82, 2.24) is 4.98 Å². The third-order valence-electron chi connectivity index (χ3n) is 4.74.